The highest BCUT2D eigenvalue weighted by atomic mass is 35.5. The van der Waals surface area contributed by atoms with Gasteiger partial charge in [-0.15, -0.1) is 5.10 Å². The van der Waals surface area contributed by atoms with Gasteiger partial charge < -0.3 is 4.74 Å². The highest BCUT2D eigenvalue weighted by Crippen LogP contribution is 2.33. The minimum atomic E-state index is 0.0201. The van der Waals surface area contributed by atoms with Crippen LogP contribution in [0.5, 0.6) is 5.75 Å². The second-order valence-electron chi connectivity index (χ2n) is 6.30. The monoisotopic (exact) mass is 412 g/mol. The number of carbonyl (C=O) groups is 1. The molecule has 2 aromatic rings. The van der Waals surface area contributed by atoms with Crippen molar-refractivity contribution in [2.24, 2.45) is 0 Å². The Kier molecular flexibility index (Phi) is 6.29. The van der Waals surface area contributed by atoms with Gasteiger partial charge in [0.2, 0.25) is 11.0 Å². The molecule has 1 amide bonds. The van der Waals surface area contributed by atoms with Crippen LogP contribution in [0, 0.1) is 3.95 Å². The number of anilines is 1. The van der Waals surface area contributed by atoms with E-state index in [2.05, 4.69) is 10.00 Å². The number of carbonyl (C=O) groups excluding carboxylic acids is 1. The molecule has 26 heavy (non-hydrogen) atoms. The Morgan fingerprint density at radius 1 is 1.50 bits per heavy atom. The van der Waals surface area contributed by atoms with Crippen LogP contribution in [0.4, 0.5) is 5.13 Å². The normalized spacial score (nSPS) is 13.8. The Hall–Kier alpha value is -1.48. The minimum absolute atomic E-state index is 0.0201. The number of rotatable bonds is 8. The predicted molar refractivity (Wildman–Crippen MR) is 107 cm³/mol. The fourth-order valence-electron chi connectivity index (χ4n) is 2.54. The van der Waals surface area contributed by atoms with E-state index < -0.39 is 0 Å². The van der Waals surface area contributed by atoms with Gasteiger partial charge in [-0.2, -0.15) is 0 Å². The molecule has 140 valence electrons. The summed E-state index contributed by atoms with van der Waals surface area (Å²) in [6.45, 7) is 3.36. The average Bonchev–Trinajstić information content (AvgIpc) is 3.32. The second-order valence-corrected chi connectivity index (χ2v) is 8.33. The Labute approximate surface area is 166 Å². The maximum absolute atomic E-state index is 11.9. The lowest BCUT2D eigenvalue weighted by Crippen LogP contribution is -2.31. The summed E-state index contributed by atoms with van der Waals surface area (Å²) in [7, 11) is 1.98. The Balaban J connectivity index is 1.55. The number of nitrogens with zero attached hydrogens (tertiary/aromatic N) is 4. The summed E-state index contributed by atoms with van der Waals surface area (Å²) < 4.78 is 8.13. The van der Waals surface area contributed by atoms with E-state index in [4.69, 9.17) is 28.6 Å². The lowest BCUT2D eigenvalue weighted by atomic mass is 10.3. The standard InChI is InChI=1S/C17H21ClN4O2S2/c1-12(23)22(14-6-7-14)16-19-21(17(25)26-16)11-20(2)8-9-24-15-5-3-4-13(18)10-15/h3-5,10,14H,6-9,11H2,1-2H3. The molecule has 1 aromatic heterocycles. The zero-order valence-electron chi connectivity index (χ0n) is 14.7. The number of ether oxygens (including phenoxy) is 1. The predicted octanol–water partition coefficient (Wildman–Crippen LogP) is 3.81. The highest BCUT2D eigenvalue weighted by molar-refractivity contribution is 7.73. The van der Waals surface area contributed by atoms with Gasteiger partial charge >= 0.3 is 0 Å². The summed E-state index contributed by atoms with van der Waals surface area (Å²) in [6.07, 6.45) is 2.07. The van der Waals surface area contributed by atoms with E-state index in [0.29, 0.717) is 33.9 Å². The molecular weight excluding hydrogens is 392 g/mol. The lowest BCUT2D eigenvalue weighted by molar-refractivity contribution is -0.116. The van der Waals surface area contributed by atoms with Gasteiger partial charge in [-0.05, 0) is 50.3 Å². The average molecular weight is 413 g/mol. The van der Waals surface area contributed by atoms with Crippen LogP contribution in [0.2, 0.25) is 5.02 Å². The quantitative estimate of drug-likeness (QED) is 0.617. The number of hydrogen-bond donors (Lipinski definition) is 0. The summed E-state index contributed by atoms with van der Waals surface area (Å²) in [4.78, 5) is 15.7. The van der Waals surface area contributed by atoms with Gasteiger partial charge in [0.1, 0.15) is 12.4 Å². The van der Waals surface area contributed by atoms with E-state index in [1.807, 2.05) is 25.2 Å². The van der Waals surface area contributed by atoms with Crippen molar-refractivity contribution >= 4 is 46.2 Å². The smallest absolute Gasteiger partial charge is 0.225 e. The molecule has 0 spiro atoms. The minimum Gasteiger partial charge on any atom is -0.492 e. The fraction of sp³-hybridized carbons (Fsp3) is 0.471. The molecule has 6 nitrogen and oxygen atoms in total. The molecule has 1 aromatic carbocycles. The zero-order chi connectivity index (χ0) is 18.7. The van der Waals surface area contributed by atoms with Crippen molar-refractivity contribution in [3.05, 3.63) is 33.2 Å². The number of aromatic nitrogens is 2. The first-order chi connectivity index (χ1) is 12.4. The first kappa shape index (κ1) is 19.3. The zero-order valence-corrected chi connectivity index (χ0v) is 17.1. The molecule has 0 bridgehead atoms. The fourth-order valence-corrected chi connectivity index (χ4v) is 3.92. The van der Waals surface area contributed by atoms with Crippen LogP contribution >= 0.6 is 35.2 Å². The van der Waals surface area contributed by atoms with Gasteiger partial charge in [-0.3, -0.25) is 14.6 Å². The van der Waals surface area contributed by atoms with E-state index in [0.717, 1.165) is 18.6 Å². The van der Waals surface area contributed by atoms with Crippen LogP contribution in [-0.4, -0.2) is 46.8 Å². The topological polar surface area (TPSA) is 50.6 Å². The summed E-state index contributed by atoms with van der Waals surface area (Å²) in [5, 5.41) is 5.89. The van der Waals surface area contributed by atoms with E-state index in [9.17, 15) is 4.79 Å². The van der Waals surface area contributed by atoms with Gasteiger partial charge in [-0.25, -0.2) is 4.68 Å². The summed E-state index contributed by atoms with van der Waals surface area (Å²) >= 11 is 12.7. The van der Waals surface area contributed by atoms with E-state index in [1.54, 1.807) is 22.6 Å². The first-order valence-corrected chi connectivity index (χ1v) is 9.99. The summed E-state index contributed by atoms with van der Waals surface area (Å²) in [6, 6.07) is 7.62. The lowest BCUT2D eigenvalue weighted by Gasteiger charge is -2.18. The molecule has 0 unspecified atom stereocenters. The van der Waals surface area contributed by atoms with Crippen molar-refractivity contribution in [3.8, 4) is 5.75 Å². The molecule has 1 saturated carbocycles. The van der Waals surface area contributed by atoms with Crippen molar-refractivity contribution in [1.29, 1.82) is 0 Å². The molecule has 1 fully saturated rings. The highest BCUT2D eigenvalue weighted by Gasteiger charge is 2.34. The third-order valence-corrected chi connectivity index (χ3v) is 5.51. The Morgan fingerprint density at radius 3 is 2.92 bits per heavy atom. The maximum atomic E-state index is 11.9. The molecule has 1 aliphatic carbocycles. The van der Waals surface area contributed by atoms with Crippen LogP contribution in [0.15, 0.2) is 24.3 Å². The van der Waals surface area contributed by atoms with Crippen LogP contribution in [0.3, 0.4) is 0 Å². The molecule has 0 aliphatic heterocycles. The van der Waals surface area contributed by atoms with Crippen molar-refractivity contribution in [3.63, 3.8) is 0 Å². The SMILES string of the molecule is CC(=O)N(c1nn(CN(C)CCOc2cccc(Cl)c2)c(=S)s1)C1CC1. The first-order valence-electron chi connectivity index (χ1n) is 8.38. The van der Waals surface area contributed by atoms with Gasteiger partial charge in [-0.1, -0.05) is 29.0 Å². The molecule has 9 heteroatoms. The molecule has 0 radical (unpaired) electrons. The van der Waals surface area contributed by atoms with E-state index >= 15 is 0 Å². The molecule has 0 atom stereocenters. The largest absolute Gasteiger partial charge is 0.492 e. The molecule has 1 aliphatic rings. The number of benzene rings is 1. The number of likely N-dealkylation sites (N-methyl/N-ethyl adjacent to an activating group) is 1. The molecule has 1 heterocycles. The van der Waals surface area contributed by atoms with Crippen LogP contribution in [-0.2, 0) is 11.5 Å². The van der Waals surface area contributed by atoms with Crippen LogP contribution in [0.1, 0.15) is 19.8 Å². The van der Waals surface area contributed by atoms with E-state index in [1.165, 1.54) is 11.3 Å². The molecule has 0 N–H and O–H groups in total. The summed E-state index contributed by atoms with van der Waals surface area (Å²) in [5.74, 6) is 0.770. The Bertz CT molecular complexity index is 834. The van der Waals surface area contributed by atoms with Gasteiger partial charge in [0, 0.05) is 24.5 Å². The van der Waals surface area contributed by atoms with Gasteiger partial charge in [0.05, 0.1) is 6.67 Å². The number of amides is 1. The molecule has 3 rings (SSSR count). The second kappa shape index (κ2) is 8.47. The van der Waals surface area contributed by atoms with Crippen molar-refractivity contribution in [2.75, 3.05) is 25.1 Å². The molecule has 0 saturated heterocycles. The molecular formula is C17H21ClN4O2S2. The van der Waals surface area contributed by atoms with E-state index in [-0.39, 0.29) is 11.9 Å². The van der Waals surface area contributed by atoms with Gasteiger partial charge in [0.15, 0.2) is 3.95 Å². The van der Waals surface area contributed by atoms with Gasteiger partial charge in [0.25, 0.3) is 0 Å². The van der Waals surface area contributed by atoms with Crippen molar-refractivity contribution < 1.29 is 9.53 Å². The summed E-state index contributed by atoms with van der Waals surface area (Å²) in [5.41, 5.74) is 0. The maximum Gasteiger partial charge on any atom is 0.225 e. The third kappa shape index (κ3) is 5.03. The number of halogens is 1. The van der Waals surface area contributed by atoms with Crippen molar-refractivity contribution in [1.82, 2.24) is 14.7 Å². The third-order valence-electron chi connectivity index (χ3n) is 3.97. The van der Waals surface area contributed by atoms with Crippen molar-refractivity contribution in [2.45, 2.75) is 32.5 Å². The van der Waals surface area contributed by atoms with Crippen LogP contribution in [0.25, 0.3) is 0 Å². The number of hydrogen-bond acceptors (Lipinski definition) is 6. The van der Waals surface area contributed by atoms with Crippen LogP contribution < -0.4 is 9.64 Å². The Morgan fingerprint density at radius 2 is 2.27 bits per heavy atom.